The Kier molecular flexibility index (Phi) is 6.69. The van der Waals surface area contributed by atoms with E-state index in [2.05, 4.69) is 46.6 Å². The second-order valence-electron chi connectivity index (χ2n) is 5.68. The van der Waals surface area contributed by atoms with E-state index in [0.29, 0.717) is 12.5 Å². The van der Waals surface area contributed by atoms with Crippen molar-refractivity contribution in [2.75, 3.05) is 19.0 Å². The van der Waals surface area contributed by atoms with Crippen LogP contribution in [-0.2, 0) is 6.42 Å². The molecule has 4 N–H and O–H groups in total. The maximum Gasteiger partial charge on any atom is 0.193 e. The van der Waals surface area contributed by atoms with Gasteiger partial charge in [-0.3, -0.25) is 4.99 Å². The molecule has 0 radical (unpaired) electrons. The van der Waals surface area contributed by atoms with Crippen LogP contribution in [0.1, 0.15) is 11.1 Å². The standard InChI is InChI=1S/C19H22N4O.HI/c1-13-4-3-5-17-18(13)14(12-22-17)10-11-21-19(20)23-15-6-8-16(24-2)9-7-15;/h3-9,12,22H,10-11H2,1-2H3,(H3,20,21,23);1H. The fourth-order valence-corrected chi connectivity index (χ4v) is 2.81. The van der Waals surface area contributed by atoms with Crippen molar-refractivity contribution in [2.45, 2.75) is 13.3 Å². The first-order chi connectivity index (χ1) is 11.7. The van der Waals surface area contributed by atoms with Gasteiger partial charge in [0.25, 0.3) is 0 Å². The van der Waals surface area contributed by atoms with E-state index in [1.54, 1.807) is 7.11 Å². The molecule has 0 saturated carbocycles. The van der Waals surface area contributed by atoms with Gasteiger partial charge in [-0.2, -0.15) is 0 Å². The van der Waals surface area contributed by atoms with Gasteiger partial charge in [-0.25, -0.2) is 0 Å². The van der Waals surface area contributed by atoms with E-state index < -0.39 is 0 Å². The molecule has 1 heterocycles. The highest BCUT2D eigenvalue weighted by Gasteiger charge is 2.05. The molecule has 0 aliphatic heterocycles. The molecule has 1 aromatic heterocycles. The van der Waals surface area contributed by atoms with Gasteiger partial charge in [0.15, 0.2) is 5.96 Å². The molecule has 3 rings (SSSR count). The molecule has 0 spiro atoms. The number of aromatic amines is 1. The van der Waals surface area contributed by atoms with Gasteiger partial charge in [0, 0.05) is 29.3 Å². The van der Waals surface area contributed by atoms with Gasteiger partial charge in [0.1, 0.15) is 5.75 Å². The number of anilines is 1. The maximum absolute atomic E-state index is 5.96. The Balaban J connectivity index is 0.00000225. The number of H-pyrrole nitrogens is 1. The average molecular weight is 450 g/mol. The Morgan fingerprint density at radius 3 is 2.68 bits per heavy atom. The molecule has 0 fully saturated rings. The molecular weight excluding hydrogens is 427 g/mol. The van der Waals surface area contributed by atoms with Crippen LogP contribution in [-0.4, -0.2) is 24.6 Å². The number of nitrogens with two attached hydrogens (primary N) is 1. The minimum absolute atomic E-state index is 0. The topological polar surface area (TPSA) is 75.4 Å². The number of halogens is 1. The van der Waals surface area contributed by atoms with Crippen LogP contribution in [0, 0.1) is 6.92 Å². The lowest BCUT2D eigenvalue weighted by molar-refractivity contribution is 0.415. The maximum atomic E-state index is 5.96. The van der Waals surface area contributed by atoms with Gasteiger partial charge in [0.05, 0.1) is 7.11 Å². The summed E-state index contributed by atoms with van der Waals surface area (Å²) in [5, 5.41) is 4.37. The van der Waals surface area contributed by atoms with Gasteiger partial charge in [0.2, 0.25) is 0 Å². The number of hydrogen-bond acceptors (Lipinski definition) is 2. The number of nitrogens with one attached hydrogen (secondary N) is 2. The zero-order valence-corrected chi connectivity index (χ0v) is 16.7. The van der Waals surface area contributed by atoms with E-state index in [1.807, 2.05) is 24.3 Å². The number of aromatic nitrogens is 1. The summed E-state index contributed by atoms with van der Waals surface area (Å²) < 4.78 is 5.13. The first-order valence-electron chi connectivity index (χ1n) is 7.94. The quantitative estimate of drug-likeness (QED) is 0.312. The Morgan fingerprint density at radius 2 is 1.96 bits per heavy atom. The molecule has 132 valence electrons. The normalized spacial score (nSPS) is 11.2. The predicted molar refractivity (Wildman–Crippen MR) is 115 cm³/mol. The van der Waals surface area contributed by atoms with Gasteiger partial charge in [-0.05, 0) is 54.8 Å². The summed E-state index contributed by atoms with van der Waals surface area (Å²) in [6.07, 6.45) is 2.90. The lowest BCUT2D eigenvalue weighted by Crippen LogP contribution is -2.23. The van der Waals surface area contributed by atoms with Crippen LogP contribution in [0.15, 0.2) is 53.7 Å². The second kappa shape index (κ2) is 8.75. The van der Waals surface area contributed by atoms with Crippen molar-refractivity contribution >= 4 is 46.5 Å². The van der Waals surface area contributed by atoms with Crippen molar-refractivity contribution in [3.8, 4) is 5.75 Å². The highest BCUT2D eigenvalue weighted by atomic mass is 127. The molecule has 5 nitrogen and oxygen atoms in total. The number of benzene rings is 2. The van der Waals surface area contributed by atoms with Crippen LogP contribution in [0.25, 0.3) is 10.9 Å². The molecule has 6 heteroatoms. The van der Waals surface area contributed by atoms with E-state index in [-0.39, 0.29) is 24.0 Å². The number of fused-ring (bicyclic) bond motifs is 1. The van der Waals surface area contributed by atoms with Crippen LogP contribution in [0.3, 0.4) is 0 Å². The SMILES string of the molecule is COc1ccc(NC(N)=NCCc2c[nH]c3cccc(C)c23)cc1.I. The third-order valence-corrected chi connectivity index (χ3v) is 4.02. The minimum atomic E-state index is 0. The summed E-state index contributed by atoms with van der Waals surface area (Å²) >= 11 is 0. The minimum Gasteiger partial charge on any atom is -0.497 e. The van der Waals surface area contributed by atoms with E-state index in [1.165, 1.54) is 22.0 Å². The molecule has 0 amide bonds. The predicted octanol–water partition coefficient (Wildman–Crippen LogP) is 4.07. The van der Waals surface area contributed by atoms with Crippen molar-refractivity contribution in [1.82, 2.24) is 4.98 Å². The molecule has 2 aromatic carbocycles. The molecule has 0 aliphatic carbocycles. The third kappa shape index (κ3) is 4.66. The van der Waals surface area contributed by atoms with Crippen LogP contribution >= 0.6 is 24.0 Å². The number of aliphatic imine (C=N–C) groups is 1. The van der Waals surface area contributed by atoms with Crippen molar-refractivity contribution in [2.24, 2.45) is 10.7 Å². The van der Waals surface area contributed by atoms with E-state index >= 15 is 0 Å². The van der Waals surface area contributed by atoms with E-state index in [4.69, 9.17) is 10.5 Å². The Bertz CT molecular complexity index is 855. The third-order valence-electron chi connectivity index (χ3n) is 4.02. The zero-order chi connectivity index (χ0) is 16.9. The number of aryl methyl sites for hydroxylation is 1. The highest BCUT2D eigenvalue weighted by molar-refractivity contribution is 14.0. The van der Waals surface area contributed by atoms with Crippen LogP contribution in [0.2, 0.25) is 0 Å². The Morgan fingerprint density at radius 1 is 1.20 bits per heavy atom. The van der Waals surface area contributed by atoms with Gasteiger partial charge < -0.3 is 20.8 Å². The molecule has 0 unspecified atom stereocenters. The number of ether oxygens (including phenoxy) is 1. The molecule has 0 aliphatic rings. The molecule has 25 heavy (non-hydrogen) atoms. The lowest BCUT2D eigenvalue weighted by Gasteiger charge is -2.06. The van der Waals surface area contributed by atoms with Gasteiger partial charge in [-0.15, -0.1) is 24.0 Å². The molecule has 0 bridgehead atoms. The summed E-state index contributed by atoms with van der Waals surface area (Å²) in [7, 11) is 1.64. The first-order valence-corrected chi connectivity index (χ1v) is 7.94. The zero-order valence-electron chi connectivity index (χ0n) is 14.4. The summed E-state index contributed by atoms with van der Waals surface area (Å²) in [6.45, 7) is 2.76. The molecular formula is C19H23IN4O. The number of methoxy groups -OCH3 is 1. The largest absolute Gasteiger partial charge is 0.497 e. The van der Waals surface area contributed by atoms with Crippen molar-refractivity contribution < 1.29 is 4.74 Å². The fraction of sp³-hybridized carbons (Fsp3) is 0.211. The van der Waals surface area contributed by atoms with Gasteiger partial charge >= 0.3 is 0 Å². The number of hydrogen-bond donors (Lipinski definition) is 3. The fourth-order valence-electron chi connectivity index (χ4n) is 2.81. The number of nitrogens with zero attached hydrogens (tertiary/aromatic N) is 1. The second-order valence-corrected chi connectivity index (χ2v) is 5.68. The van der Waals surface area contributed by atoms with E-state index in [9.17, 15) is 0 Å². The summed E-state index contributed by atoms with van der Waals surface area (Å²) in [5.41, 5.74) is 10.6. The van der Waals surface area contributed by atoms with Crippen molar-refractivity contribution in [3.63, 3.8) is 0 Å². The lowest BCUT2D eigenvalue weighted by atomic mass is 10.1. The Labute approximate surface area is 164 Å². The summed E-state index contributed by atoms with van der Waals surface area (Å²) in [6, 6.07) is 13.9. The van der Waals surface area contributed by atoms with Gasteiger partial charge in [-0.1, -0.05) is 12.1 Å². The van der Waals surface area contributed by atoms with Crippen LogP contribution < -0.4 is 15.8 Å². The highest BCUT2D eigenvalue weighted by Crippen LogP contribution is 2.22. The number of guanidine groups is 1. The first kappa shape index (κ1) is 19.1. The smallest absolute Gasteiger partial charge is 0.193 e. The average Bonchev–Trinajstić information content (AvgIpc) is 3.00. The molecule has 0 saturated heterocycles. The summed E-state index contributed by atoms with van der Waals surface area (Å²) in [4.78, 5) is 7.72. The molecule has 0 atom stereocenters. The number of rotatable bonds is 5. The summed E-state index contributed by atoms with van der Waals surface area (Å²) in [5.74, 6) is 1.22. The van der Waals surface area contributed by atoms with Crippen LogP contribution in [0.5, 0.6) is 5.75 Å². The van der Waals surface area contributed by atoms with Crippen molar-refractivity contribution in [3.05, 3.63) is 59.8 Å². The monoisotopic (exact) mass is 450 g/mol. The molecule has 3 aromatic rings. The van der Waals surface area contributed by atoms with Crippen LogP contribution in [0.4, 0.5) is 5.69 Å². The van der Waals surface area contributed by atoms with E-state index in [0.717, 1.165) is 17.9 Å². The van der Waals surface area contributed by atoms with Crippen molar-refractivity contribution in [1.29, 1.82) is 0 Å². The Hall–Kier alpha value is -2.22.